The smallest absolute Gasteiger partial charge is 0.348 e. The summed E-state index contributed by atoms with van der Waals surface area (Å²) in [6.45, 7) is 2.78. The summed E-state index contributed by atoms with van der Waals surface area (Å²) in [5.41, 5.74) is 2.24. The number of anilines is 1. The summed E-state index contributed by atoms with van der Waals surface area (Å²) in [7, 11) is 0. The zero-order valence-electron chi connectivity index (χ0n) is 21.0. The summed E-state index contributed by atoms with van der Waals surface area (Å²) in [6.07, 6.45) is 1.45. The summed E-state index contributed by atoms with van der Waals surface area (Å²) >= 11 is 0. The van der Waals surface area contributed by atoms with Gasteiger partial charge in [-0.1, -0.05) is 48.5 Å². The van der Waals surface area contributed by atoms with Crippen molar-refractivity contribution in [3.63, 3.8) is 0 Å². The van der Waals surface area contributed by atoms with E-state index in [2.05, 4.69) is 0 Å². The van der Waals surface area contributed by atoms with Gasteiger partial charge in [0.1, 0.15) is 24.9 Å². The third-order valence-corrected chi connectivity index (χ3v) is 5.39. The van der Waals surface area contributed by atoms with Crippen molar-refractivity contribution in [2.75, 3.05) is 37.8 Å². The van der Waals surface area contributed by atoms with Gasteiger partial charge in [0.15, 0.2) is 0 Å². The Labute approximate surface area is 221 Å². The fourth-order valence-corrected chi connectivity index (χ4v) is 3.48. The van der Waals surface area contributed by atoms with E-state index >= 15 is 0 Å². The molecule has 0 aliphatic rings. The van der Waals surface area contributed by atoms with E-state index in [0.717, 1.165) is 5.69 Å². The van der Waals surface area contributed by atoms with Crippen LogP contribution in [0.5, 0.6) is 0 Å². The zero-order valence-corrected chi connectivity index (χ0v) is 21.0. The summed E-state index contributed by atoms with van der Waals surface area (Å²) < 4.78 is 15.8. The number of ether oxygens (including phenoxy) is 3. The van der Waals surface area contributed by atoms with Crippen LogP contribution in [0.15, 0.2) is 90.5 Å². The monoisotopic (exact) mass is 512 g/mol. The van der Waals surface area contributed by atoms with Gasteiger partial charge in [-0.25, -0.2) is 14.4 Å². The standard InChI is InChI=1S/C30H28N2O6/c1-2-36-30(35)26(22-31)21-23-13-15-27(16-14-23)32(17-19-37-28(33)24-9-5-3-6-10-24)18-20-38-29(34)25-11-7-4-8-12-25/h3-16,21H,2,17-20H2,1H3/b26-21-. The van der Waals surface area contributed by atoms with Crippen LogP contribution in [0.25, 0.3) is 6.08 Å². The van der Waals surface area contributed by atoms with Crippen LogP contribution in [-0.4, -0.2) is 50.8 Å². The maximum atomic E-state index is 12.3. The normalized spacial score (nSPS) is 10.7. The topological polar surface area (TPSA) is 106 Å². The van der Waals surface area contributed by atoms with Gasteiger partial charge < -0.3 is 19.1 Å². The molecule has 0 heterocycles. The number of hydrogen-bond donors (Lipinski definition) is 0. The molecule has 0 spiro atoms. The predicted octanol–water partition coefficient (Wildman–Crippen LogP) is 4.68. The molecule has 38 heavy (non-hydrogen) atoms. The lowest BCUT2D eigenvalue weighted by atomic mass is 10.1. The highest BCUT2D eigenvalue weighted by Crippen LogP contribution is 2.18. The second-order valence-electron chi connectivity index (χ2n) is 7.97. The lowest BCUT2D eigenvalue weighted by molar-refractivity contribution is -0.137. The highest BCUT2D eigenvalue weighted by atomic mass is 16.5. The van der Waals surface area contributed by atoms with Gasteiger partial charge in [0.2, 0.25) is 0 Å². The third-order valence-electron chi connectivity index (χ3n) is 5.39. The molecule has 194 valence electrons. The molecular weight excluding hydrogens is 484 g/mol. The molecule has 3 rings (SSSR count). The molecule has 0 saturated heterocycles. The van der Waals surface area contributed by atoms with Crippen molar-refractivity contribution in [3.8, 4) is 6.07 Å². The van der Waals surface area contributed by atoms with E-state index in [4.69, 9.17) is 14.2 Å². The van der Waals surface area contributed by atoms with Crippen LogP contribution in [0.2, 0.25) is 0 Å². The number of nitrogens with zero attached hydrogens (tertiary/aromatic N) is 2. The first-order valence-corrected chi connectivity index (χ1v) is 12.1. The number of benzene rings is 3. The minimum atomic E-state index is -0.679. The number of rotatable bonds is 12. The molecule has 0 bridgehead atoms. The maximum absolute atomic E-state index is 12.3. The van der Waals surface area contributed by atoms with Crippen molar-refractivity contribution in [2.24, 2.45) is 0 Å². The molecular formula is C30H28N2O6. The average Bonchev–Trinajstić information content (AvgIpc) is 2.96. The van der Waals surface area contributed by atoms with Crippen molar-refractivity contribution >= 4 is 29.7 Å². The van der Waals surface area contributed by atoms with E-state index in [1.165, 1.54) is 6.08 Å². The molecule has 0 amide bonds. The first-order chi connectivity index (χ1) is 18.5. The van der Waals surface area contributed by atoms with Crippen molar-refractivity contribution in [1.82, 2.24) is 0 Å². The zero-order chi connectivity index (χ0) is 27.2. The first-order valence-electron chi connectivity index (χ1n) is 12.1. The Balaban J connectivity index is 1.68. The van der Waals surface area contributed by atoms with Crippen LogP contribution in [0, 0.1) is 11.3 Å². The molecule has 0 unspecified atom stereocenters. The second-order valence-corrected chi connectivity index (χ2v) is 7.97. The molecule has 0 aliphatic carbocycles. The van der Waals surface area contributed by atoms with Gasteiger partial charge in [0, 0.05) is 5.69 Å². The number of carbonyl (C=O) groups is 3. The Morgan fingerprint density at radius 1 is 0.763 bits per heavy atom. The number of esters is 3. The molecule has 0 atom stereocenters. The molecule has 8 nitrogen and oxygen atoms in total. The van der Waals surface area contributed by atoms with Crippen molar-refractivity contribution in [1.29, 1.82) is 5.26 Å². The van der Waals surface area contributed by atoms with Gasteiger partial charge >= 0.3 is 17.9 Å². The van der Waals surface area contributed by atoms with Gasteiger partial charge in [-0.2, -0.15) is 5.26 Å². The van der Waals surface area contributed by atoms with Gasteiger partial charge in [-0.15, -0.1) is 0 Å². The highest BCUT2D eigenvalue weighted by molar-refractivity contribution is 5.98. The van der Waals surface area contributed by atoms with Crippen LogP contribution < -0.4 is 4.90 Å². The minimum Gasteiger partial charge on any atom is -0.462 e. The van der Waals surface area contributed by atoms with Crippen LogP contribution in [0.1, 0.15) is 33.2 Å². The Morgan fingerprint density at radius 3 is 1.71 bits per heavy atom. The Bertz CT molecular complexity index is 1220. The van der Waals surface area contributed by atoms with Crippen molar-refractivity contribution < 1.29 is 28.6 Å². The first kappa shape index (κ1) is 27.7. The summed E-state index contributed by atoms with van der Waals surface area (Å²) in [4.78, 5) is 38.5. The fraction of sp³-hybridized carbons (Fsp3) is 0.200. The average molecular weight is 513 g/mol. The molecule has 0 N–H and O–H groups in total. The molecule has 0 fully saturated rings. The number of carbonyl (C=O) groups excluding carboxylic acids is 3. The largest absolute Gasteiger partial charge is 0.462 e. The van der Waals surface area contributed by atoms with Crippen molar-refractivity contribution in [2.45, 2.75) is 6.92 Å². The third kappa shape index (κ3) is 8.35. The molecule has 0 aliphatic heterocycles. The fourth-order valence-electron chi connectivity index (χ4n) is 3.48. The minimum absolute atomic E-state index is 0.0999. The van der Waals surface area contributed by atoms with Crippen LogP contribution in [0.4, 0.5) is 5.69 Å². The molecule has 0 aromatic heterocycles. The van der Waals surface area contributed by atoms with Gasteiger partial charge in [-0.05, 0) is 55.0 Å². The van der Waals surface area contributed by atoms with Crippen LogP contribution in [-0.2, 0) is 19.0 Å². The van der Waals surface area contributed by atoms with Gasteiger partial charge in [0.25, 0.3) is 0 Å². The lowest BCUT2D eigenvalue weighted by Gasteiger charge is -2.24. The van der Waals surface area contributed by atoms with E-state index in [0.29, 0.717) is 29.8 Å². The quantitative estimate of drug-likeness (QED) is 0.149. The summed E-state index contributed by atoms with van der Waals surface area (Å²) in [5, 5.41) is 9.27. The molecule has 0 radical (unpaired) electrons. The Kier molecular flexibility index (Phi) is 10.6. The summed E-state index contributed by atoms with van der Waals surface area (Å²) in [5.74, 6) is -1.53. The molecule has 3 aromatic rings. The lowest BCUT2D eigenvalue weighted by Crippen LogP contribution is -2.32. The van der Waals surface area contributed by atoms with Crippen molar-refractivity contribution in [3.05, 3.63) is 107 Å². The van der Waals surface area contributed by atoms with E-state index in [-0.39, 0.29) is 25.4 Å². The Morgan fingerprint density at radius 2 is 1.26 bits per heavy atom. The highest BCUT2D eigenvalue weighted by Gasteiger charge is 2.13. The van der Waals surface area contributed by atoms with E-state index in [1.807, 2.05) is 35.2 Å². The second kappa shape index (κ2) is 14.6. The molecule has 0 saturated carbocycles. The van der Waals surface area contributed by atoms with Gasteiger partial charge in [-0.3, -0.25) is 0 Å². The SMILES string of the molecule is CCOC(=O)/C(C#N)=C\c1ccc(N(CCOC(=O)c2ccccc2)CCOC(=O)c2ccccc2)cc1. The van der Waals surface area contributed by atoms with E-state index in [1.54, 1.807) is 67.6 Å². The number of nitriles is 1. The predicted molar refractivity (Wildman–Crippen MR) is 142 cm³/mol. The van der Waals surface area contributed by atoms with Crippen LogP contribution in [0.3, 0.4) is 0 Å². The van der Waals surface area contributed by atoms with E-state index < -0.39 is 17.9 Å². The Hall–Kier alpha value is -4.90. The van der Waals surface area contributed by atoms with Crippen LogP contribution >= 0.6 is 0 Å². The molecule has 8 heteroatoms. The van der Waals surface area contributed by atoms with Gasteiger partial charge in [0.05, 0.1) is 30.8 Å². The number of hydrogen-bond acceptors (Lipinski definition) is 8. The maximum Gasteiger partial charge on any atom is 0.348 e. The molecule has 3 aromatic carbocycles. The van der Waals surface area contributed by atoms with E-state index in [9.17, 15) is 19.6 Å². The summed E-state index contributed by atoms with van der Waals surface area (Å²) in [6, 6.07) is 26.4.